The van der Waals surface area contributed by atoms with Crippen LogP contribution in [0.5, 0.6) is 5.75 Å². The number of halogens is 1. The molecule has 50 heavy (non-hydrogen) atoms. The van der Waals surface area contributed by atoms with E-state index in [4.69, 9.17) is 25.8 Å². The molecule has 2 aromatic rings. The number of carboxylic acids is 1. The summed E-state index contributed by atoms with van der Waals surface area (Å²) >= 11 is 6.46. The van der Waals surface area contributed by atoms with Gasteiger partial charge >= 0.3 is 5.97 Å². The lowest BCUT2D eigenvalue weighted by Crippen LogP contribution is -2.50. The number of rotatable bonds is 5. The predicted octanol–water partition coefficient (Wildman–Crippen LogP) is 4.98. The molecule has 2 aromatic carbocycles. The van der Waals surface area contributed by atoms with Crippen LogP contribution in [0.15, 0.2) is 48.6 Å². The number of hydrogen-bond donors (Lipinski definition) is 2. The molecule has 10 nitrogen and oxygen atoms in total. The quantitative estimate of drug-likeness (QED) is 0.416. The fraction of sp³-hybridized carbons (Fsp3) is 0.590. The highest BCUT2D eigenvalue weighted by Crippen LogP contribution is 2.48. The van der Waals surface area contributed by atoms with Gasteiger partial charge in [0.15, 0.2) is 5.60 Å². The number of aliphatic carboxylic acids is 1. The zero-order valence-electron chi connectivity index (χ0n) is 29.0. The first-order chi connectivity index (χ1) is 24.1. The number of benzene rings is 2. The number of anilines is 1. The first-order valence-corrected chi connectivity index (χ1v) is 18.6. The second-order valence-corrected chi connectivity index (χ2v) is 15.4. The minimum Gasteiger partial charge on any atom is -0.490 e. The monoisotopic (exact) mass is 707 g/mol. The summed E-state index contributed by atoms with van der Waals surface area (Å²) in [5.74, 6) is -0.609. The van der Waals surface area contributed by atoms with Gasteiger partial charge in [-0.15, -0.1) is 0 Å². The highest BCUT2D eigenvalue weighted by atomic mass is 35.5. The molecule has 270 valence electrons. The average Bonchev–Trinajstić information content (AvgIpc) is 3.24. The topological polar surface area (TPSA) is 112 Å². The molecule has 1 saturated heterocycles. The number of ether oxygens (including phenoxy) is 3. The van der Waals surface area contributed by atoms with Crippen LogP contribution in [-0.4, -0.2) is 104 Å². The number of carbonyl (C=O) groups is 2. The molecule has 5 atom stereocenters. The fourth-order valence-electron chi connectivity index (χ4n) is 8.65. The Hall–Kier alpha value is -3.15. The summed E-state index contributed by atoms with van der Waals surface area (Å²) in [4.78, 5) is 32.2. The average molecular weight is 708 g/mol. The normalized spacial score (nSPS) is 31.2. The van der Waals surface area contributed by atoms with Crippen molar-refractivity contribution in [3.05, 3.63) is 70.3 Å². The summed E-state index contributed by atoms with van der Waals surface area (Å²) in [6, 6.07) is 11.3. The van der Waals surface area contributed by atoms with Crippen LogP contribution < -0.4 is 9.64 Å². The van der Waals surface area contributed by atoms with Gasteiger partial charge in [0.2, 0.25) is 5.91 Å². The Morgan fingerprint density at radius 3 is 2.80 bits per heavy atom. The Morgan fingerprint density at radius 2 is 2.02 bits per heavy atom. The van der Waals surface area contributed by atoms with E-state index in [2.05, 4.69) is 34.1 Å². The summed E-state index contributed by atoms with van der Waals surface area (Å²) in [6.45, 7) is 6.17. The number of hydrogen-bond acceptors (Lipinski definition) is 8. The van der Waals surface area contributed by atoms with E-state index in [0.29, 0.717) is 57.0 Å². The van der Waals surface area contributed by atoms with Gasteiger partial charge in [0.1, 0.15) is 5.75 Å². The Morgan fingerprint density at radius 1 is 1.14 bits per heavy atom. The number of amides is 1. The maximum atomic E-state index is 13.4. The molecule has 2 aliphatic carbocycles. The van der Waals surface area contributed by atoms with Crippen molar-refractivity contribution in [3.63, 3.8) is 0 Å². The second-order valence-electron chi connectivity index (χ2n) is 15.0. The second kappa shape index (κ2) is 14.8. The lowest BCUT2D eigenvalue weighted by Gasteiger charge is -2.46. The molecule has 0 radical (unpaired) electrons. The Labute approximate surface area is 299 Å². The van der Waals surface area contributed by atoms with Crippen LogP contribution in [0, 0.1) is 11.8 Å². The van der Waals surface area contributed by atoms with Crippen LogP contribution in [0.3, 0.4) is 0 Å². The fourth-order valence-corrected chi connectivity index (χ4v) is 8.85. The van der Waals surface area contributed by atoms with E-state index in [9.17, 15) is 19.8 Å². The van der Waals surface area contributed by atoms with E-state index in [-0.39, 0.29) is 17.1 Å². The zero-order chi connectivity index (χ0) is 34.9. The van der Waals surface area contributed by atoms with Gasteiger partial charge in [-0.1, -0.05) is 35.9 Å². The van der Waals surface area contributed by atoms with Gasteiger partial charge in [0.05, 0.1) is 38.2 Å². The summed E-state index contributed by atoms with van der Waals surface area (Å²) in [5.41, 5.74) is 0.721. The molecule has 3 heterocycles. The number of carbonyl (C=O) groups excluding carboxylic acids is 1. The third-order valence-electron chi connectivity index (χ3n) is 11.8. The standard InChI is InChI=1S/C39H50ClN3O7/c1-41-15-3-2-7-34(49-19-17-42-16-5-18-48-26-42)31-11-8-28(31)23-43-24-38(14-4-6-27-20-30(40)10-12-32(27)38)25-50-35-13-9-29(21-33(35)43)39(47,37(45)46)22-36(41)44/h2,7,9-10,12-13,20-21,28,31,34,47H,3-6,8,11,14-19,22-26H2,1H3,(H,45,46)/b7-2+/t28-,31+,34-,38-,39+/m0/s1. The summed E-state index contributed by atoms with van der Waals surface area (Å²) < 4.78 is 18.9. The van der Waals surface area contributed by atoms with Crippen molar-refractivity contribution in [1.82, 2.24) is 9.80 Å². The molecular weight excluding hydrogens is 658 g/mol. The Balaban J connectivity index is 1.25. The van der Waals surface area contributed by atoms with Crippen molar-refractivity contribution < 1.29 is 34.0 Å². The highest BCUT2D eigenvalue weighted by molar-refractivity contribution is 6.30. The summed E-state index contributed by atoms with van der Waals surface area (Å²) in [6.07, 6.45) is 10.3. The molecule has 2 bridgehead atoms. The molecular formula is C39H50ClN3O7. The minimum absolute atomic E-state index is 0.0639. The van der Waals surface area contributed by atoms with Crippen molar-refractivity contribution in [2.75, 3.05) is 71.2 Å². The molecule has 7 rings (SSSR count). The van der Waals surface area contributed by atoms with Gasteiger partial charge in [-0.25, -0.2) is 4.79 Å². The van der Waals surface area contributed by atoms with Crippen molar-refractivity contribution in [1.29, 1.82) is 0 Å². The Kier molecular flexibility index (Phi) is 10.5. The molecule has 2 fully saturated rings. The number of fused-ring (bicyclic) bond motifs is 4. The van der Waals surface area contributed by atoms with Gasteiger partial charge in [0.25, 0.3) is 0 Å². The van der Waals surface area contributed by atoms with Gasteiger partial charge < -0.3 is 34.2 Å². The van der Waals surface area contributed by atoms with E-state index in [1.165, 1.54) is 16.0 Å². The predicted molar refractivity (Wildman–Crippen MR) is 191 cm³/mol. The minimum atomic E-state index is -2.39. The van der Waals surface area contributed by atoms with Gasteiger partial charge in [-0.05, 0) is 97.7 Å². The molecule has 11 heteroatoms. The van der Waals surface area contributed by atoms with Crippen LogP contribution in [-0.2, 0) is 36.5 Å². The van der Waals surface area contributed by atoms with E-state index < -0.39 is 23.9 Å². The third kappa shape index (κ3) is 7.15. The highest BCUT2D eigenvalue weighted by Gasteiger charge is 2.46. The smallest absolute Gasteiger partial charge is 0.340 e. The van der Waals surface area contributed by atoms with Gasteiger partial charge in [0, 0.05) is 56.8 Å². The van der Waals surface area contributed by atoms with Gasteiger partial charge in [-0.3, -0.25) is 9.69 Å². The van der Waals surface area contributed by atoms with Crippen molar-refractivity contribution in [3.8, 4) is 5.75 Å². The number of aliphatic hydroxyl groups is 1. The van der Waals surface area contributed by atoms with Crippen LogP contribution in [0.1, 0.15) is 61.6 Å². The number of aryl methyl sites for hydroxylation is 1. The first kappa shape index (κ1) is 35.3. The van der Waals surface area contributed by atoms with Crippen molar-refractivity contribution in [2.45, 2.75) is 68.5 Å². The van der Waals surface area contributed by atoms with E-state index >= 15 is 0 Å². The van der Waals surface area contributed by atoms with Crippen LogP contribution in [0.2, 0.25) is 5.02 Å². The van der Waals surface area contributed by atoms with Crippen LogP contribution in [0.4, 0.5) is 5.69 Å². The Bertz CT molecular complexity index is 1600. The first-order valence-electron chi connectivity index (χ1n) is 18.2. The molecule has 0 unspecified atom stereocenters. The molecule has 0 aromatic heterocycles. The molecule has 2 N–H and O–H groups in total. The summed E-state index contributed by atoms with van der Waals surface area (Å²) in [5, 5.41) is 22.8. The van der Waals surface area contributed by atoms with Gasteiger partial charge in [-0.2, -0.15) is 0 Å². The van der Waals surface area contributed by atoms with E-state index in [1.54, 1.807) is 25.2 Å². The number of carboxylic acid groups (broad SMARTS) is 1. The van der Waals surface area contributed by atoms with Crippen molar-refractivity contribution >= 4 is 29.2 Å². The van der Waals surface area contributed by atoms with E-state index in [1.807, 2.05) is 6.07 Å². The van der Waals surface area contributed by atoms with Crippen molar-refractivity contribution in [2.24, 2.45) is 11.8 Å². The third-order valence-corrected chi connectivity index (χ3v) is 12.0. The largest absolute Gasteiger partial charge is 0.490 e. The maximum absolute atomic E-state index is 13.4. The van der Waals surface area contributed by atoms with Crippen LogP contribution in [0.25, 0.3) is 0 Å². The van der Waals surface area contributed by atoms with Crippen LogP contribution >= 0.6 is 11.6 Å². The lowest BCUT2D eigenvalue weighted by atomic mass is 9.68. The molecule has 1 saturated carbocycles. The lowest BCUT2D eigenvalue weighted by molar-refractivity contribution is -0.164. The zero-order valence-corrected chi connectivity index (χ0v) is 29.8. The number of nitrogens with zero attached hydrogens (tertiary/aromatic N) is 3. The molecule has 1 spiro atoms. The van der Waals surface area contributed by atoms with E-state index in [0.717, 1.165) is 75.5 Å². The summed E-state index contributed by atoms with van der Waals surface area (Å²) in [7, 11) is 1.65. The molecule has 1 amide bonds. The molecule has 3 aliphatic heterocycles. The molecule has 5 aliphatic rings. The maximum Gasteiger partial charge on any atom is 0.340 e. The SMILES string of the molecule is CN1CC/C=C/[C@H](OCCN2CCCOC2)[C@@H]2CC[C@H]2CN2C[C@@]3(CCCc4cc(Cl)ccc43)COc3ccc(cc32)[C@@](O)(C(=O)O)CC1=O.